The first kappa shape index (κ1) is 7.18. The minimum Gasteiger partial charge on any atom is -0.377 e. The van der Waals surface area contributed by atoms with E-state index in [1.165, 1.54) is 11.8 Å². The highest BCUT2D eigenvalue weighted by Crippen LogP contribution is 1.94. The van der Waals surface area contributed by atoms with Gasteiger partial charge in [0.05, 0.1) is 5.75 Å². The standard InChI is InChI=1S/C4H7N3S/c1-2-3-8-4(5)7-6/h1H,3,6H2,(H2,5,7). The Balaban J connectivity index is 3.29. The lowest BCUT2D eigenvalue weighted by Crippen LogP contribution is -2.09. The van der Waals surface area contributed by atoms with E-state index in [9.17, 15) is 0 Å². The maximum atomic E-state index is 5.15. The molecule has 4 N–H and O–H groups in total. The second kappa shape index (κ2) is 4.34. The number of thioether (sulfide) groups is 1. The lowest BCUT2D eigenvalue weighted by atomic mass is 10.8. The number of amidine groups is 1. The Morgan fingerprint density at radius 3 is 2.88 bits per heavy atom. The van der Waals surface area contributed by atoms with Crippen LogP contribution in [0.25, 0.3) is 0 Å². The second-order valence-corrected chi connectivity index (χ2v) is 1.96. The van der Waals surface area contributed by atoms with Crippen molar-refractivity contribution < 1.29 is 0 Å². The van der Waals surface area contributed by atoms with Gasteiger partial charge in [0.15, 0.2) is 5.17 Å². The van der Waals surface area contributed by atoms with Gasteiger partial charge in [0.25, 0.3) is 0 Å². The summed E-state index contributed by atoms with van der Waals surface area (Å²) < 4.78 is 0. The molecule has 0 spiro atoms. The van der Waals surface area contributed by atoms with Crippen LogP contribution in [0, 0.1) is 12.3 Å². The van der Waals surface area contributed by atoms with Crippen molar-refractivity contribution in [1.29, 1.82) is 0 Å². The predicted octanol–water partition coefficient (Wildman–Crippen LogP) is -0.459. The summed E-state index contributed by atoms with van der Waals surface area (Å²) in [4.78, 5) is 0. The van der Waals surface area contributed by atoms with Gasteiger partial charge in [0.2, 0.25) is 0 Å². The highest BCUT2D eigenvalue weighted by atomic mass is 32.2. The number of hydrazone groups is 1. The van der Waals surface area contributed by atoms with Crippen molar-refractivity contribution in [3.63, 3.8) is 0 Å². The topological polar surface area (TPSA) is 64.4 Å². The Kier molecular flexibility index (Phi) is 3.90. The van der Waals surface area contributed by atoms with E-state index in [0.717, 1.165) is 0 Å². The van der Waals surface area contributed by atoms with E-state index in [1.54, 1.807) is 0 Å². The zero-order valence-corrected chi connectivity index (χ0v) is 5.11. The summed E-state index contributed by atoms with van der Waals surface area (Å²) in [5, 5.41) is 3.51. The van der Waals surface area contributed by atoms with E-state index in [4.69, 9.17) is 18.0 Å². The van der Waals surface area contributed by atoms with Crippen molar-refractivity contribution in [3.05, 3.63) is 0 Å². The molecule has 0 aromatic carbocycles. The van der Waals surface area contributed by atoms with Crippen LogP contribution in [-0.4, -0.2) is 10.9 Å². The zero-order chi connectivity index (χ0) is 6.41. The van der Waals surface area contributed by atoms with E-state index in [0.29, 0.717) is 10.9 Å². The predicted molar refractivity (Wildman–Crippen MR) is 37.1 cm³/mol. The molecule has 4 heteroatoms. The van der Waals surface area contributed by atoms with Gasteiger partial charge < -0.3 is 11.6 Å². The molecule has 0 aromatic rings. The number of terminal acetylenes is 1. The summed E-state index contributed by atoms with van der Waals surface area (Å²) in [7, 11) is 0. The molecule has 0 aliphatic rings. The summed E-state index contributed by atoms with van der Waals surface area (Å²) in [6, 6.07) is 0. The van der Waals surface area contributed by atoms with Gasteiger partial charge in [0, 0.05) is 0 Å². The molecule has 0 aromatic heterocycles. The molecule has 8 heavy (non-hydrogen) atoms. The third kappa shape index (κ3) is 3.37. The fourth-order valence-corrected chi connectivity index (χ4v) is 0.459. The summed E-state index contributed by atoms with van der Waals surface area (Å²) in [5.74, 6) is 7.69. The summed E-state index contributed by atoms with van der Waals surface area (Å²) >= 11 is 1.24. The van der Waals surface area contributed by atoms with Gasteiger partial charge in [-0.3, -0.25) is 0 Å². The van der Waals surface area contributed by atoms with Crippen LogP contribution < -0.4 is 11.6 Å². The Morgan fingerprint density at radius 2 is 2.50 bits per heavy atom. The van der Waals surface area contributed by atoms with E-state index in [-0.39, 0.29) is 0 Å². The van der Waals surface area contributed by atoms with Crippen molar-refractivity contribution in [2.75, 3.05) is 5.75 Å². The van der Waals surface area contributed by atoms with Crippen molar-refractivity contribution in [3.8, 4) is 12.3 Å². The molecule has 0 radical (unpaired) electrons. The maximum Gasteiger partial charge on any atom is 0.178 e. The molecule has 0 bridgehead atoms. The summed E-state index contributed by atoms with van der Waals surface area (Å²) in [6.45, 7) is 0. The number of nitrogens with zero attached hydrogens (tertiary/aromatic N) is 1. The van der Waals surface area contributed by atoms with Gasteiger partial charge in [-0.2, -0.15) is 5.10 Å². The normalized spacial score (nSPS) is 10.6. The van der Waals surface area contributed by atoms with E-state index in [1.807, 2.05) is 0 Å². The molecule has 0 unspecified atom stereocenters. The Morgan fingerprint density at radius 1 is 1.88 bits per heavy atom. The first-order valence-corrected chi connectivity index (χ1v) is 2.89. The average Bonchev–Trinajstić information content (AvgIpc) is 1.83. The molecular formula is C4H7N3S. The minimum absolute atomic E-state index is 0.322. The van der Waals surface area contributed by atoms with Crippen LogP contribution in [0.3, 0.4) is 0 Å². The molecule has 0 saturated heterocycles. The van der Waals surface area contributed by atoms with E-state index in [2.05, 4.69) is 11.0 Å². The average molecular weight is 129 g/mol. The molecule has 3 nitrogen and oxygen atoms in total. The molecule has 0 heterocycles. The van der Waals surface area contributed by atoms with Crippen LogP contribution in [0.15, 0.2) is 5.10 Å². The highest BCUT2D eigenvalue weighted by Gasteiger charge is 1.85. The van der Waals surface area contributed by atoms with Gasteiger partial charge in [0.1, 0.15) is 0 Å². The third-order valence-electron chi connectivity index (χ3n) is 0.431. The Hall–Kier alpha value is -0.820. The van der Waals surface area contributed by atoms with Gasteiger partial charge in [-0.1, -0.05) is 17.7 Å². The van der Waals surface area contributed by atoms with Crippen LogP contribution in [0.1, 0.15) is 0 Å². The van der Waals surface area contributed by atoms with Gasteiger partial charge >= 0.3 is 0 Å². The van der Waals surface area contributed by atoms with Crippen LogP contribution in [0.4, 0.5) is 0 Å². The number of hydrogen-bond donors (Lipinski definition) is 2. The molecular weight excluding hydrogens is 122 g/mol. The zero-order valence-electron chi connectivity index (χ0n) is 4.29. The van der Waals surface area contributed by atoms with E-state index < -0.39 is 0 Å². The smallest absolute Gasteiger partial charge is 0.178 e. The third-order valence-corrected chi connectivity index (χ3v) is 1.14. The first-order valence-electron chi connectivity index (χ1n) is 1.91. The fraction of sp³-hybridized carbons (Fsp3) is 0.250. The van der Waals surface area contributed by atoms with Gasteiger partial charge in [-0.05, 0) is 0 Å². The monoisotopic (exact) mass is 129 g/mol. The first-order chi connectivity index (χ1) is 3.81. The van der Waals surface area contributed by atoms with Crippen molar-refractivity contribution in [1.82, 2.24) is 0 Å². The number of hydrogen-bond acceptors (Lipinski definition) is 3. The molecule has 0 rings (SSSR count). The maximum absolute atomic E-state index is 5.15. The molecule has 0 atom stereocenters. The molecule has 0 saturated carbocycles. The molecule has 44 valence electrons. The van der Waals surface area contributed by atoms with Gasteiger partial charge in [-0.25, -0.2) is 0 Å². The van der Waals surface area contributed by atoms with Crippen molar-refractivity contribution in [2.45, 2.75) is 0 Å². The lowest BCUT2D eigenvalue weighted by Gasteiger charge is -1.89. The lowest BCUT2D eigenvalue weighted by molar-refractivity contribution is 1.25. The Bertz CT molecular complexity index is 124. The largest absolute Gasteiger partial charge is 0.377 e. The number of rotatable bonds is 1. The SMILES string of the molecule is C#CCSC(N)=NN. The van der Waals surface area contributed by atoms with Crippen LogP contribution in [0.5, 0.6) is 0 Å². The quantitative estimate of drug-likeness (QED) is 0.165. The Labute approximate surface area is 52.5 Å². The molecule has 0 aliphatic heterocycles. The van der Waals surface area contributed by atoms with Crippen LogP contribution in [0.2, 0.25) is 0 Å². The highest BCUT2D eigenvalue weighted by molar-refractivity contribution is 8.13. The molecule has 0 fully saturated rings. The summed E-state index contributed by atoms with van der Waals surface area (Å²) in [6.07, 6.45) is 4.91. The molecule has 0 amide bonds. The second-order valence-electron chi connectivity index (χ2n) is 0.960. The van der Waals surface area contributed by atoms with Crippen LogP contribution in [-0.2, 0) is 0 Å². The molecule has 0 aliphatic carbocycles. The number of nitrogens with two attached hydrogens (primary N) is 2. The fourth-order valence-electron chi connectivity index (χ4n) is 0.153. The van der Waals surface area contributed by atoms with Gasteiger partial charge in [-0.15, -0.1) is 6.42 Å². The van der Waals surface area contributed by atoms with Crippen LogP contribution >= 0.6 is 11.8 Å². The van der Waals surface area contributed by atoms with Crippen molar-refractivity contribution in [2.24, 2.45) is 16.7 Å². The van der Waals surface area contributed by atoms with Crippen molar-refractivity contribution >= 4 is 16.9 Å². The van der Waals surface area contributed by atoms with E-state index >= 15 is 0 Å². The summed E-state index contributed by atoms with van der Waals surface area (Å²) in [5.41, 5.74) is 5.15. The minimum atomic E-state index is 0.322.